The third-order valence-electron chi connectivity index (χ3n) is 4.08. The van der Waals surface area contributed by atoms with Crippen molar-refractivity contribution in [1.82, 2.24) is 10.3 Å². The fourth-order valence-electron chi connectivity index (χ4n) is 2.90. The molecule has 1 aromatic heterocycles. The summed E-state index contributed by atoms with van der Waals surface area (Å²) in [6, 6.07) is 6.83. The second kappa shape index (κ2) is 6.45. The van der Waals surface area contributed by atoms with Crippen LogP contribution in [0.5, 0.6) is 0 Å². The molecule has 0 unspecified atom stereocenters. The summed E-state index contributed by atoms with van der Waals surface area (Å²) in [5.41, 5.74) is -1.60. The summed E-state index contributed by atoms with van der Waals surface area (Å²) in [5.74, 6) is -1.37. The van der Waals surface area contributed by atoms with Crippen LogP contribution in [0.3, 0.4) is 0 Å². The summed E-state index contributed by atoms with van der Waals surface area (Å²) in [7, 11) is 0. The molecule has 3 rings (SSSR count). The maximum Gasteiger partial charge on any atom is 0.262 e. The molecule has 2 aromatic rings. The summed E-state index contributed by atoms with van der Waals surface area (Å²) in [6.07, 6.45) is 0.503. The van der Waals surface area contributed by atoms with Gasteiger partial charge in [0.15, 0.2) is 0 Å². The first-order valence-corrected chi connectivity index (χ1v) is 7.83. The van der Waals surface area contributed by atoms with Gasteiger partial charge in [0, 0.05) is 23.3 Å². The molecule has 1 aliphatic carbocycles. The summed E-state index contributed by atoms with van der Waals surface area (Å²) in [4.78, 5) is 16.4. The van der Waals surface area contributed by atoms with Gasteiger partial charge in [-0.3, -0.25) is 9.78 Å². The van der Waals surface area contributed by atoms with Crippen LogP contribution in [0.1, 0.15) is 35.8 Å². The third kappa shape index (κ3) is 3.12. The standard InChI is InChI=1S/C17H15ClF2N2O2/c18-11-6-10(7-12(19)8-11)9-22-16(24)17(20)4-3-14(23)15-13(17)2-1-5-21-15/h1-2,5-8,14,23H,3-4,9H2,(H,22,24)/t14-,17-/m0/s1. The zero-order valence-corrected chi connectivity index (χ0v) is 13.4. The highest BCUT2D eigenvalue weighted by Crippen LogP contribution is 2.42. The number of hydrogen-bond acceptors (Lipinski definition) is 3. The SMILES string of the molecule is O=C(NCc1cc(F)cc(Cl)c1)[C@]1(F)CC[C@H](O)c2ncccc21. The first-order chi connectivity index (χ1) is 11.4. The van der Waals surface area contributed by atoms with Crippen molar-refractivity contribution in [3.8, 4) is 0 Å². The Hall–Kier alpha value is -2.05. The molecule has 4 nitrogen and oxygen atoms in total. The largest absolute Gasteiger partial charge is 0.387 e. The topological polar surface area (TPSA) is 62.2 Å². The molecule has 1 aromatic carbocycles. The van der Waals surface area contributed by atoms with Crippen molar-refractivity contribution in [3.63, 3.8) is 0 Å². The summed E-state index contributed by atoms with van der Waals surface area (Å²) in [6.45, 7) is -0.0554. The van der Waals surface area contributed by atoms with Crippen LogP contribution in [0.4, 0.5) is 8.78 Å². The predicted octanol–water partition coefficient (Wildman–Crippen LogP) is 3.18. The van der Waals surface area contributed by atoms with E-state index in [-0.39, 0.29) is 35.7 Å². The average molecular weight is 353 g/mol. The Morgan fingerprint density at radius 3 is 3.00 bits per heavy atom. The molecule has 0 saturated carbocycles. The molecule has 0 bridgehead atoms. The number of aromatic nitrogens is 1. The molecule has 24 heavy (non-hydrogen) atoms. The Balaban J connectivity index is 1.81. The first kappa shape index (κ1) is 16.8. The van der Waals surface area contributed by atoms with Crippen molar-refractivity contribution < 1.29 is 18.7 Å². The highest BCUT2D eigenvalue weighted by Gasteiger charge is 2.46. The maximum absolute atomic E-state index is 15.3. The number of pyridine rings is 1. The first-order valence-electron chi connectivity index (χ1n) is 7.46. The van der Waals surface area contributed by atoms with E-state index in [0.29, 0.717) is 5.56 Å². The van der Waals surface area contributed by atoms with Gasteiger partial charge in [0.25, 0.3) is 5.91 Å². The smallest absolute Gasteiger partial charge is 0.262 e. The molecule has 0 spiro atoms. The van der Waals surface area contributed by atoms with Gasteiger partial charge in [-0.05, 0) is 42.7 Å². The molecule has 0 aliphatic heterocycles. The number of nitrogens with zero attached hydrogens (tertiary/aromatic N) is 1. The molecular formula is C17H15ClF2N2O2. The van der Waals surface area contributed by atoms with E-state index in [4.69, 9.17) is 11.6 Å². The minimum Gasteiger partial charge on any atom is -0.387 e. The van der Waals surface area contributed by atoms with Crippen molar-refractivity contribution in [2.24, 2.45) is 0 Å². The van der Waals surface area contributed by atoms with Gasteiger partial charge < -0.3 is 10.4 Å². The number of alkyl halides is 1. The number of rotatable bonds is 3. The van der Waals surface area contributed by atoms with E-state index in [1.54, 1.807) is 0 Å². The summed E-state index contributed by atoms with van der Waals surface area (Å²) >= 11 is 5.76. The van der Waals surface area contributed by atoms with Crippen LogP contribution >= 0.6 is 11.6 Å². The van der Waals surface area contributed by atoms with Crippen LogP contribution < -0.4 is 5.32 Å². The average Bonchev–Trinajstić information content (AvgIpc) is 2.55. The predicted molar refractivity (Wildman–Crippen MR) is 84.5 cm³/mol. The number of amides is 1. The van der Waals surface area contributed by atoms with E-state index in [2.05, 4.69) is 10.3 Å². The summed E-state index contributed by atoms with van der Waals surface area (Å²) < 4.78 is 28.6. The molecule has 1 aliphatic rings. The molecule has 0 saturated heterocycles. The van der Waals surface area contributed by atoms with Crippen LogP contribution in [0.25, 0.3) is 0 Å². The van der Waals surface area contributed by atoms with E-state index in [9.17, 15) is 14.3 Å². The van der Waals surface area contributed by atoms with Gasteiger partial charge in [0.2, 0.25) is 5.67 Å². The lowest BCUT2D eigenvalue weighted by molar-refractivity contribution is -0.135. The molecule has 7 heteroatoms. The van der Waals surface area contributed by atoms with Gasteiger partial charge in [-0.15, -0.1) is 0 Å². The number of aliphatic hydroxyl groups excluding tert-OH is 1. The maximum atomic E-state index is 15.3. The third-order valence-corrected chi connectivity index (χ3v) is 4.30. The second-order valence-electron chi connectivity index (χ2n) is 5.75. The van der Waals surface area contributed by atoms with Gasteiger partial charge in [-0.2, -0.15) is 0 Å². The number of carbonyl (C=O) groups excluding carboxylic acids is 1. The summed E-state index contributed by atoms with van der Waals surface area (Å²) in [5, 5.41) is 12.6. The van der Waals surface area contributed by atoms with Gasteiger partial charge in [0.1, 0.15) is 5.82 Å². The minimum atomic E-state index is -2.28. The number of fused-ring (bicyclic) bond motifs is 1. The van der Waals surface area contributed by atoms with E-state index in [1.807, 2.05) is 0 Å². The number of halogens is 3. The lowest BCUT2D eigenvalue weighted by Crippen LogP contribution is -2.44. The normalized spacial score (nSPS) is 22.8. The van der Waals surface area contributed by atoms with Gasteiger partial charge in [-0.25, -0.2) is 8.78 Å². The zero-order valence-electron chi connectivity index (χ0n) is 12.6. The van der Waals surface area contributed by atoms with E-state index >= 15 is 4.39 Å². The molecule has 0 radical (unpaired) electrons. The Morgan fingerprint density at radius 1 is 1.46 bits per heavy atom. The number of hydrogen-bond donors (Lipinski definition) is 2. The lowest BCUT2D eigenvalue weighted by Gasteiger charge is -2.32. The van der Waals surface area contributed by atoms with E-state index in [0.717, 1.165) is 6.07 Å². The van der Waals surface area contributed by atoms with E-state index < -0.39 is 23.5 Å². The van der Waals surface area contributed by atoms with Crippen LogP contribution in [-0.2, 0) is 17.0 Å². The molecule has 126 valence electrons. The Morgan fingerprint density at radius 2 is 2.25 bits per heavy atom. The Kier molecular flexibility index (Phi) is 4.51. The number of benzene rings is 1. The fourth-order valence-corrected chi connectivity index (χ4v) is 3.14. The quantitative estimate of drug-likeness (QED) is 0.891. The van der Waals surface area contributed by atoms with Crippen LogP contribution in [0.15, 0.2) is 36.5 Å². The van der Waals surface area contributed by atoms with E-state index in [1.165, 1.54) is 30.5 Å². The van der Waals surface area contributed by atoms with Crippen molar-refractivity contribution in [1.29, 1.82) is 0 Å². The highest BCUT2D eigenvalue weighted by atomic mass is 35.5. The second-order valence-corrected chi connectivity index (χ2v) is 6.19. The molecule has 1 heterocycles. The number of carbonyl (C=O) groups is 1. The van der Waals surface area contributed by atoms with Crippen LogP contribution in [0.2, 0.25) is 5.02 Å². The molecule has 2 atom stereocenters. The van der Waals surface area contributed by atoms with Crippen molar-refractivity contribution in [2.75, 3.05) is 0 Å². The monoisotopic (exact) mass is 352 g/mol. The Bertz CT molecular complexity index is 767. The van der Waals surface area contributed by atoms with Crippen molar-refractivity contribution in [2.45, 2.75) is 31.2 Å². The number of nitrogens with one attached hydrogen (secondary N) is 1. The van der Waals surface area contributed by atoms with Gasteiger partial charge in [0.05, 0.1) is 11.8 Å². The van der Waals surface area contributed by atoms with Crippen LogP contribution in [0, 0.1) is 5.82 Å². The molecule has 2 N–H and O–H groups in total. The van der Waals surface area contributed by atoms with Crippen molar-refractivity contribution >= 4 is 17.5 Å². The lowest BCUT2D eigenvalue weighted by atomic mass is 9.81. The molecule has 0 fully saturated rings. The van der Waals surface area contributed by atoms with Crippen molar-refractivity contribution in [3.05, 3.63) is 64.2 Å². The highest BCUT2D eigenvalue weighted by molar-refractivity contribution is 6.30. The zero-order chi connectivity index (χ0) is 17.3. The van der Waals surface area contributed by atoms with Gasteiger partial charge >= 0.3 is 0 Å². The van der Waals surface area contributed by atoms with Crippen LogP contribution in [-0.4, -0.2) is 16.0 Å². The molecular weight excluding hydrogens is 338 g/mol. The Labute approximate surface area is 142 Å². The number of aliphatic hydroxyl groups is 1. The molecule has 1 amide bonds. The van der Waals surface area contributed by atoms with Gasteiger partial charge in [-0.1, -0.05) is 17.7 Å². The fraction of sp³-hybridized carbons (Fsp3) is 0.294. The minimum absolute atomic E-state index is 0.0554.